The normalized spacial score (nSPS) is 11.0. The molecule has 6 nitrogen and oxygen atoms in total. The molecule has 0 aromatic carbocycles. The van der Waals surface area contributed by atoms with Crippen LogP contribution in [0.3, 0.4) is 0 Å². The Labute approximate surface area is 213 Å². The third-order valence-electron chi connectivity index (χ3n) is 5.46. The zero-order valence-electron chi connectivity index (χ0n) is 20.7. The number of aliphatic hydroxyl groups excluding tert-OH is 1. The molecular formula is C24H48N2NaO4. The number of aliphatic carboxylic acids is 1. The quantitative estimate of drug-likeness (QED) is 0.169. The number of carbonyl (C=O) groups excluding carboxylic acids is 1. The fraction of sp³-hybridized carbons (Fsp3) is 0.917. The van der Waals surface area contributed by atoms with Gasteiger partial charge in [-0.15, -0.1) is 0 Å². The summed E-state index contributed by atoms with van der Waals surface area (Å²) in [5.41, 5.74) is 0. The van der Waals surface area contributed by atoms with Gasteiger partial charge in [-0.3, -0.25) is 14.5 Å². The average Bonchev–Trinajstić information content (AvgIpc) is 2.67. The Balaban J connectivity index is 0. The Kier molecular flexibility index (Phi) is 26.1. The van der Waals surface area contributed by atoms with Gasteiger partial charge in [-0.05, 0) is 12.3 Å². The fourth-order valence-corrected chi connectivity index (χ4v) is 3.65. The summed E-state index contributed by atoms with van der Waals surface area (Å²) in [5.74, 6) is -0.0484. The average molecular weight is 452 g/mol. The first-order valence-corrected chi connectivity index (χ1v) is 12.3. The number of aliphatic hydroxyl groups is 1. The van der Waals surface area contributed by atoms with Gasteiger partial charge in [0, 0.05) is 55.6 Å². The van der Waals surface area contributed by atoms with Crippen molar-refractivity contribution in [2.75, 3.05) is 32.8 Å². The van der Waals surface area contributed by atoms with E-state index in [1.54, 1.807) is 4.90 Å². The summed E-state index contributed by atoms with van der Waals surface area (Å²) >= 11 is 0. The van der Waals surface area contributed by atoms with Gasteiger partial charge in [0.15, 0.2) is 0 Å². The van der Waals surface area contributed by atoms with Crippen LogP contribution in [-0.2, 0) is 9.59 Å². The van der Waals surface area contributed by atoms with Gasteiger partial charge in [-0.25, -0.2) is 0 Å². The molecule has 0 saturated heterocycles. The van der Waals surface area contributed by atoms with E-state index in [0.29, 0.717) is 26.1 Å². The van der Waals surface area contributed by atoms with E-state index >= 15 is 0 Å². The van der Waals surface area contributed by atoms with Crippen LogP contribution >= 0.6 is 0 Å². The van der Waals surface area contributed by atoms with E-state index in [9.17, 15) is 9.59 Å². The van der Waals surface area contributed by atoms with Crippen LogP contribution in [0.1, 0.15) is 104 Å². The third kappa shape index (κ3) is 26.0. The number of carboxylic acids is 1. The maximum Gasteiger partial charge on any atom is 0.317 e. The van der Waals surface area contributed by atoms with Gasteiger partial charge >= 0.3 is 5.97 Å². The number of unbranched alkanes of at least 4 members (excludes halogenated alkanes) is 11. The van der Waals surface area contributed by atoms with Crippen molar-refractivity contribution in [1.29, 1.82) is 0 Å². The molecule has 0 saturated carbocycles. The molecule has 179 valence electrons. The number of carbonyl (C=O) groups is 2. The summed E-state index contributed by atoms with van der Waals surface area (Å²) < 4.78 is 0. The Bertz CT molecular complexity index is 422. The zero-order chi connectivity index (χ0) is 22.5. The van der Waals surface area contributed by atoms with Crippen LogP contribution in [0.5, 0.6) is 0 Å². The van der Waals surface area contributed by atoms with Crippen molar-refractivity contribution in [3.63, 3.8) is 0 Å². The Hall–Kier alpha value is -0.140. The minimum atomic E-state index is -0.924. The van der Waals surface area contributed by atoms with Crippen molar-refractivity contribution in [2.45, 2.75) is 104 Å². The largest absolute Gasteiger partial charge is 0.480 e. The first-order chi connectivity index (χ1) is 14.5. The SMILES string of the molecule is CC(C)CCCCCCCCCCCCCCC(=O)NCCN(CCO)CC(=O)O.[Na]. The van der Waals surface area contributed by atoms with Crippen LogP contribution in [0.15, 0.2) is 0 Å². The molecule has 0 bridgehead atoms. The maximum absolute atomic E-state index is 11.8. The number of hydrogen-bond acceptors (Lipinski definition) is 4. The summed E-state index contributed by atoms with van der Waals surface area (Å²) in [6.07, 6.45) is 17.4. The molecule has 0 aliphatic rings. The molecule has 0 atom stereocenters. The molecule has 0 rings (SSSR count). The standard InChI is InChI=1S/C24H48N2O4.Na/c1-22(2)15-13-11-9-7-5-3-4-6-8-10-12-14-16-23(28)25-17-18-26(19-20-27)21-24(29)30;/h22,27H,3-21H2,1-2H3,(H,25,28)(H,29,30);. The summed E-state index contributed by atoms with van der Waals surface area (Å²) in [4.78, 5) is 24.2. The van der Waals surface area contributed by atoms with E-state index in [1.165, 1.54) is 70.6 Å². The van der Waals surface area contributed by atoms with E-state index in [0.717, 1.165) is 18.8 Å². The fourth-order valence-electron chi connectivity index (χ4n) is 3.65. The van der Waals surface area contributed by atoms with Crippen LogP contribution in [0.25, 0.3) is 0 Å². The van der Waals surface area contributed by atoms with E-state index in [4.69, 9.17) is 10.2 Å². The van der Waals surface area contributed by atoms with Crippen molar-refractivity contribution < 1.29 is 19.8 Å². The molecule has 1 radical (unpaired) electrons. The molecule has 0 aromatic heterocycles. The zero-order valence-corrected chi connectivity index (χ0v) is 22.7. The van der Waals surface area contributed by atoms with Crippen LogP contribution in [0.4, 0.5) is 0 Å². The predicted molar refractivity (Wildman–Crippen MR) is 129 cm³/mol. The van der Waals surface area contributed by atoms with Gasteiger partial charge in [0.1, 0.15) is 0 Å². The number of nitrogens with zero attached hydrogens (tertiary/aromatic N) is 1. The van der Waals surface area contributed by atoms with Gasteiger partial charge in [0.25, 0.3) is 0 Å². The minimum absolute atomic E-state index is 0. The molecule has 0 unspecified atom stereocenters. The molecule has 0 aromatic rings. The number of amides is 1. The Morgan fingerprint density at radius 2 is 1.29 bits per heavy atom. The van der Waals surface area contributed by atoms with E-state index in [1.807, 2.05) is 0 Å². The van der Waals surface area contributed by atoms with Crippen LogP contribution in [0.2, 0.25) is 0 Å². The number of hydrogen-bond donors (Lipinski definition) is 3. The first kappa shape index (κ1) is 33.0. The van der Waals surface area contributed by atoms with Crippen LogP contribution < -0.4 is 5.32 Å². The molecule has 0 aliphatic carbocycles. The van der Waals surface area contributed by atoms with Crippen molar-refractivity contribution in [3.05, 3.63) is 0 Å². The second-order valence-corrected chi connectivity index (χ2v) is 8.92. The smallest absolute Gasteiger partial charge is 0.317 e. The van der Waals surface area contributed by atoms with Crippen molar-refractivity contribution in [3.8, 4) is 0 Å². The molecule has 0 aliphatic heterocycles. The van der Waals surface area contributed by atoms with Gasteiger partial charge in [-0.1, -0.05) is 90.9 Å². The molecule has 31 heavy (non-hydrogen) atoms. The Morgan fingerprint density at radius 1 is 0.806 bits per heavy atom. The maximum atomic E-state index is 11.8. The van der Waals surface area contributed by atoms with Crippen LogP contribution in [0, 0.1) is 5.92 Å². The van der Waals surface area contributed by atoms with Crippen molar-refractivity contribution >= 4 is 41.4 Å². The van der Waals surface area contributed by atoms with Crippen molar-refractivity contribution in [1.82, 2.24) is 10.2 Å². The Morgan fingerprint density at radius 3 is 1.74 bits per heavy atom. The van der Waals surface area contributed by atoms with E-state index < -0.39 is 5.97 Å². The first-order valence-electron chi connectivity index (χ1n) is 12.3. The summed E-state index contributed by atoms with van der Waals surface area (Å²) in [6.45, 7) is 5.57. The van der Waals surface area contributed by atoms with E-state index in [2.05, 4.69) is 19.2 Å². The summed E-state index contributed by atoms with van der Waals surface area (Å²) in [5, 5.41) is 20.6. The van der Waals surface area contributed by atoms with Crippen molar-refractivity contribution in [2.24, 2.45) is 5.92 Å². The molecule has 0 heterocycles. The monoisotopic (exact) mass is 451 g/mol. The van der Waals surface area contributed by atoms with Gasteiger partial charge in [0.2, 0.25) is 5.91 Å². The third-order valence-corrected chi connectivity index (χ3v) is 5.46. The number of nitrogens with one attached hydrogen (secondary N) is 1. The molecule has 0 spiro atoms. The minimum Gasteiger partial charge on any atom is -0.480 e. The second-order valence-electron chi connectivity index (χ2n) is 8.92. The van der Waals surface area contributed by atoms with Gasteiger partial charge in [0.05, 0.1) is 13.2 Å². The van der Waals surface area contributed by atoms with Gasteiger partial charge in [-0.2, -0.15) is 0 Å². The molecule has 0 fully saturated rings. The van der Waals surface area contributed by atoms with Crippen LogP contribution in [-0.4, -0.2) is 89.3 Å². The number of carboxylic acid groups (broad SMARTS) is 1. The second kappa shape index (κ2) is 24.5. The topological polar surface area (TPSA) is 89.9 Å². The molecule has 1 amide bonds. The molecule has 3 N–H and O–H groups in total. The summed E-state index contributed by atoms with van der Waals surface area (Å²) in [6, 6.07) is 0. The van der Waals surface area contributed by atoms with E-state index in [-0.39, 0.29) is 48.6 Å². The van der Waals surface area contributed by atoms with Gasteiger partial charge < -0.3 is 15.5 Å². The molecule has 7 heteroatoms. The molecular weight excluding hydrogens is 403 g/mol. The summed E-state index contributed by atoms with van der Waals surface area (Å²) in [7, 11) is 0. The predicted octanol–water partition coefficient (Wildman–Crippen LogP) is 4.22. The number of rotatable bonds is 22.